The maximum absolute atomic E-state index is 11.6. The summed E-state index contributed by atoms with van der Waals surface area (Å²) in [5.74, 6) is 1.92. The number of rotatable bonds is 11. The van der Waals surface area contributed by atoms with Crippen LogP contribution in [0, 0.1) is 0 Å². The van der Waals surface area contributed by atoms with Crippen molar-refractivity contribution in [2.24, 2.45) is 0 Å². The third-order valence-corrected chi connectivity index (χ3v) is 6.77. The van der Waals surface area contributed by atoms with Gasteiger partial charge in [0.15, 0.2) is 0 Å². The van der Waals surface area contributed by atoms with Crippen molar-refractivity contribution >= 4 is 44.8 Å². The zero-order valence-electron chi connectivity index (χ0n) is 20.9. The Labute approximate surface area is 225 Å². The van der Waals surface area contributed by atoms with Crippen molar-refractivity contribution in [3.63, 3.8) is 0 Å². The number of aromatic nitrogens is 2. The number of anilines is 3. The molecule has 10 heteroatoms. The molecule has 0 bridgehead atoms. The van der Waals surface area contributed by atoms with Crippen LogP contribution in [-0.4, -0.2) is 60.2 Å². The minimum Gasteiger partial charge on any atom is -0.494 e. The summed E-state index contributed by atoms with van der Waals surface area (Å²) in [4.78, 5) is 23.3. The van der Waals surface area contributed by atoms with E-state index in [1.54, 1.807) is 24.3 Å². The van der Waals surface area contributed by atoms with E-state index in [1.165, 1.54) is 17.4 Å². The van der Waals surface area contributed by atoms with Gasteiger partial charge in [0.05, 0.1) is 25.3 Å². The van der Waals surface area contributed by atoms with Gasteiger partial charge in [0.1, 0.15) is 16.2 Å². The predicted molar refractivity (Wildman–Crippen MR) is 150 cm³/mol. The fourth-order valence-electron chi connectivity index (χ4n) is 3.97. The van der Waals surface area contributed by atoms with E-state index in [0.29, 0.717) is 29.9 Å². The Balaban J connectivity index is 1.22. The van der Waals surface area contributed by atoms with Crippen molar-refractivity contribution in [3.8, 4) is 17.4 Å². The molecule has 2 aromatic carbocycles. The van der Waals surface area contributed by atoms with E-state index in [-0.39, 0.29) is 5.91 Å². The molecule has 3 heterocycles. The van der Waals surface area contributed by atoms with E-state index in [2.05, 4.69) is 32.1 Å². The highest BCUT2D eigenvalue weighted by atomic mass is 32.1. The van der Waals surface area contributed by atoms with Crippen LogP contribution >= 0.6 is 11.3 Å². The summed E-state index contributed by atoms with van der Waals surface area (Å²) in [5, 5.41) is 7.93. The van der Waals surface area contributed by atoms with Gasteiger partial charge in [-0.15, -0.1) is 11.3 Å². The van der Waals surface area contributed by atoms with Crippen molar-refractivity contribution < 1.29 is 19.0 Å². The van der Waals surface area contributed by atoms with Crippen molar-refractivity contribution in [1.82, 2.24) is 14.9 Å². The number of ether oxygens (including phenoxy) is 3. The van der Waals surface area contributed by atoms with Gasteiger partial charge in [0.25, 0.3) is 0 Å². The predicted octanol–water partition coefficient (Wildman–Crippen LogP) is 5.45. The Morgan fingerprint density at radius 3 is 2.74 bits per heavy atom. The molecule has 1 saturated heterocycles. The van der Waals surface area contributed by atoms with E-state index >= 15 is 0 Å². The van der Waals surface area contributed by atoms with E-state index in [0.717, 1.165) is 60.9 Å². The molecule has 0 saturated carbocycles. The lowest BCUT2D eigenvalue weighted by Gasteiger charge is -2.26. The van der Waals surface area contributed by atoms with Crippen LogP contribution in [0.2, 0.25) is 0 Å². The Morgan fingerprint density at radius 2 is 1.92 bits per heavy atom. The maximum Gasteiger partial charge on any atom is 0.247 e. The molecule has 2 aromatic heterocycles. The van der Waals surface area contributed by atoms with Gasteiger partial charge in [-0.3, -0.25) is 9.69 Å². The number of hydrogen-bond donors (Lipinski definition) is 2. The third kappa shape index (κ3) is 6.86. The first-order chi connectivity index (χ1) is 18.7. The lowest BCUT2D eigenvalue weighted by molar-refractivity contribution is -0.111. The van der Waals surface area contributed by atoms with Crippen LogP contribution in [0.4, 0.5) is 17.3 Å². The molecule has 1 amide bonds. The SMILES string of the molecule is C=CC(=O)Nc1cccc(Oc2nc(Nc3ccc(OCCCN4CCOCC4)cc3)nc3ccsc23)c1. The van der Waals surface area contributed by atoms with Crippen LogP contribution in [0.25, 0.3) is 10.2 Å². The van der Waals surface area contributed by atoms with Crippen molar-refractivity contribution in [1.29, 1.82) is 0 Å². The van der Waals surface area contributed by atoms with Gasteiger partial charge in [-0.1, -0.05) is 12.6 Å². The van der Waals surface area contributed by atoms with Gasteiger partial charge in [-0.05, 0) is 60.3 Å². The summed E-state index contributed by atoms with van der Waals surface area (Å²) in [7, 11) is 0. The fraction of sp³-hybridized carbons (Fsp3) is 0.250. The van der Waals surface area contributed by atoms with Crippen LogP contribution in [0.1, 0.15) is 6.42 Å². The molecule has 4 aromatic rings. The molecule has 0 radical (unpaired) electrons. The molecule has 38 heavy (non-hydrogen) atoms. The topological polar surface area (TPSA) is 97.8 Å². The van der Waals surface area contributed by atoms with Crippen molar-refractivity contribution in [2.45, 2.75) is 6.42 Å². The van der Waals surface area contributed by atoms with Crippen molar-refractivity contribution in [3.05, 3.63) is 72.6 Å². The second kappa shape index (κ2) is 12.5. The lowest BCUT2D eigenvalue weighted by atomic mass is 10.3. The van der Waals surface area contributed by atoms with E-state index < -0.39 is 0 Å². The van der Waals surface area contributed by atoms with E-state index in [1.807, 2.05) is 35.7 Å². The van der Waals surface area contributed by atoms with Gasteiger partial charge < -0.3 is 24.8 Å². The summed E-state index contributed by atoms with van der Waals surface area (Å²) in [6, 6.07) is 16.8. The van der Waals surface area contributed by atoms with Crippen LogP contribution in [0.3, 0.4) is 0 Å². The van der Waals surface area contributed by atoms with E-state index in [9.17, 15) is 4.79 Å². The molecular weight excluding hydrogens is 502 g/mol. The number of fused-ring (bicyclic) bond motifs is 1. The second-order valence-electron chi connectivity index (χ2n) is 8.62. The number of thiophene rings is 1. The molecule has 0 aliphatic carbocycles. The smallest absolute Gasteiger partial charge is 0.247 e. The Kier molecular flexibility index (Phi) is 8.44. The Bertz CT molecular complexity index is 1390. The zero-order valence-corrected chi connectivity index (χ0v) is 21.7. The van der Waals surface area contributed by atoms with Gasteiger partial charge >= 0.3 is 0 Å². The molecule has 1 aliphatic rings. The maximum atomic E-state index is 11.6. The summed E-state index contributed by atoms with van der Waals surface area (Å²) in [5.41, 5.74) is 2.21. The molecule has 2 N–H and O–H groups in total. The number of carbonyl (C=O) groups is 1. The van der Waals surface area contributed by atoms with Crippen LogP contribution in [-0.2, 0) is 9.53 Å². The molecule has 0 unspecified atom stereocenters. The van der Waals surface area contributed by atoms with Crippen LogP contribution in [0.15, 0.2) is 72.6 Å². The summed E-state index contributed by atoms with van der Waals surface area (Å²) < 4.78 is 18.2. The van der Waals surface area contributed by atoms with Crippen molar-refractivity contribution in [2.75, 3.05) is 50.1 Å². The van der Waals surface area contributed by atoms with Gasteiger partial charge in [-0.2, -0.15) is 4.98 Å². The number of hydrogen-bond acceptors (Lipinski definition) is 9. The molecule has 1 aliphatic heterocycles. The summed E-state index contributed by atoms with van der Waals surface area (Å²) >= 11 is 1.50. The van der Waals surface area contributed by atoms with Gasteiger partial charge in [0, 0.05) is 37.1 Å². The van der Waals surface area contributed by atoms with Gasteiger partial charge in [0.2, 0.25) is 17.7 Å². The molecular formula is C28H29N5O4S. The fourth-order valence-corrected chi connectivity index (χ4v) is 4.73. The lowest BCUT2D eigenvalue weighted by Crippen LogP contribution is -2.37. The second-order valence-corrected chi connectivity index (χ2v) is 9.53. The molecule has 196 valence electrons. The summed E-state index contributed by atoms with van der Waals surface area (Å²) in [6.07, 6.45) is 2.19. The largest absolute Gasteiger partial charge is 0.494 e. The van der Waals surface area contributed by atoms with Gasteiger partial charge in [-0.25, -0.2) is 4.98 Å². The molecule has 0 spiro atoms. The number of benzene rings is 2. The Hall–Kier alpha value is -3.99. The number of carbonyl (C=O) groups excluding carboxylic acids is 1. The molecule has 0 atom stereocenters. The Morgan fingerprint density at radius 1 is 1.08 bits per heavy atom. The average molecular weight is 532 g/mol. The highest BCUT2D eigenvalue weighted by molar-refractivity contribution is 7.17. The molecule has 1 fully saturated rings. The molecule has 9 nitrogen and oxygen atoms in total. The van der Waals surface area contributed by atoms with Crippen LogP contribution < -0.4 is 20.1 Å². The average Bonchev–Trinajstić information content (AvgIpc) is 3.42. The zero-order chi connectivity index (χ0) is 26.2. The minimum absolute atomic E-state index is 0.291. The highest BCUT2D eigenvalue weighted by Gasteiger charge is 2.13. The normalized spacial score (nSPS) is 13.7. The minimum atomic E-state index is -0.291. The van der Waals surface area contributed by atoms with E-state index in [4.69, 9.17) is 14.2 Å². The first-order valence-electron chi connectivity index (χ1n) is 12.4. The number of nitrogens with zero attached hydrogens (tertiary/aromatic N) is 3. The number of amides is 1. The number of morpholine rings is 1. The standard InChI is InChI=1S/C28H29N5O4S/c1-2-25(34)29-21-5-3-6-23(19-21)37-27-26-24(11-18-38-26)31-28(32-27)30-20-7-9-22(10-8-20)36-15-4-12-33-13-16-35-17-14-33/h2-3,5-11,18-19H,1,4,12-17H2,(H,29,34)(H,30,31,32). The quantitative estimate of drug-likeness (QED) is 0.195. The third-order valence-electron chi connectivity index (χ3n) is 5.88. The van der Waals surface area contributed by atoms with Crippen LogP contribution in [0.5, 0.6) is 17.4 Å². The first kappa shape index (κ1) is 25.7. The molecule has 5 rings (SSSR count). The summed E-state index contributed by atoms with van der Waals surface area (Å²) in [6.45, 7) is 8.78. The number of nitrogens with one attached hydrogen (secondary N) is 2. The monoisotopic (exact) mass is 531 g/mol. The highest BCUT2D eigenvalue weighted by Crippen LogP contribution is 2.33. The first-order valence-corrected chi connectivity index (χ1v) is 13.3.